The van der Waals surface area contributed by atoms with Gasteiger partial charge in [0, 0.05) is 16.6 Å². The van der Waals surface area contributed by atoms with Crippen LogP contribution in [-0.4, -0.2) is 28.8 Å². The second-order valence-electron chi connectivity index (χ2n) is 7.43. The SMILES string of the molecule is CCOc1ccc(CCNC(=O)[C@H](C)n2nc(C)c3sc4ccccc4c3c2=O)cc1. The maximum atomic E-state index is 13.2. The Labute approximate surface area is 184 Å². The molecule has 2 aromatic heterocycles. The lowest BCUT2D eigenvalue weighted by Gasteiger charge is -2.15. The van der Waals surface area contributed by atoms with Crippen molar-refractivity contribution >= 4 is 37.4 Å². The number of aryl methyl sites for hydroxylation is 1. The fourth-order valence-electron chi connectivity index (χ4n) is 3.65. The number of fused-ring (bicyclic) bond motifs is 3. The Morgan fingerprint density at radius 2 is 1.94 bits per heavy atom. The zero-order chi connectivity index (χ0) is 22.0. The minimum Gasteiger partial charge on any atom is -0.494 e. The summed E-state index contributed by atoms with van der Waals surface area (Å²) in [7, 11) is 0. The minimum absolute atomic E-state index is 0.223. The Balaban J connectivity index is 1.50. The van der Waals surface area contributed by atoms with Crippen molar-refractivity contribution in [3.8, 4) is 5.75 Å². The van der Waals surface area contributed by atoms with Gasteiger partial charge in [-0.1, -0.05) is 30.3 Å². The summed E-state index contributed by atoms with van der Waals surface area (Å²) in [6.07, 6.45) is 0.695. The Bertz CT molecular complexity index is 1290. The molecule has 1 N–H and O–H groups in total. The predicted octanol–water partition coefficient (Wildman–Crippen LogP) is 4.24. The van der Waals surface area contributed by atoms with E-state index in [1.165, 1.54) is 4.68 Å². The first kappa shape index (κ1) is 21.1. The summed E-state index contributed by atoms with van der Waals surface area (Å²) >= 11 is 1.56. The number of carbonyl (C=O) groups is 1. The smallest absolute Gasteiger partial charge is 0.276 e. The van der Waals surface area contributed by atoms with Gasteiger partial charge in [0.2, 0.25) is 5.91 Å². The molecule has 4 rings (SSSR count). The molecule has 2 heterocycles. The molecule has 31 heavy (non-hydrogen) atoms. The highest BCUT2D eigenvalue weighted by atomic mass is 32.1. The van der Waals surface area contributed by atoms with E-state index in [1.807, 2.05) is 62.4 Å². The molecule has 160 valence electrons. The number of benzene rings is 2. The van der Waals surface area contributed by atoms with Crippen molar-refractivity contribution in [2.45, 2.75) is 33.2 Å². The number of hydrogen-bond acceptors (Lipinski definition) is 5. The molecule has 0 radical (unpaired) electrons. The first-order valence-electron chi connectivity index (χ1n) is 10.4. The third kappa shape index (κ3) is 4.18. The van der Waals surface area contributed by atoms with E-state index >= 15 is 0 Å². The molecule has 7 heteroatoms. The summed E-state index contributed by atoms with van der Waals surface area (Å²) in [4.78, 5) is 25.9. The quantitative estimate of drug-likeness (QED) is 0.471. The molecule has 0 aliphatic carbocycles. The van der Waals surface area contributed by atoms with Crippen LogP contribution in [0.1, 0.15) is 31.1 Å². The third-order valence-electron chi connectivity index (χ3n) is 5.30. The fraction of sp³-hybridized carbons (Fsp3) is 0.292. The van der Waals surface area contributed by atoms with E-state index in [2.05, 4.69) is 10.4 Å². The zero-order valence-corrected chi connectivity index (χ0v) is 18.7. The van der Waals surface area contributed by atoms with Gasteiger partial charge in [0.1, 0.15) is 11.8 Å². The summed E-state index contributed by atoms with van der Waals surface area (Å²) in [5, 5.41) is 8.93. The lowest BCUT2D eigenvalue weighted by atomic mass is 10.1. The normalized spacial score (nSPS) is 12.2. The Morgan fingerprint density at radius 3 is 2.68 bits per heavy atom. The maximum absolute atomic E-state index is 13.2. The number of ether oxygens (including phenoxy) is 1. The number of nitrogens with one attached hydrogen (secondary N) is 1. The molecule has 0 unspecified atom stereocenters. The number of nitrogens with zero attached hydrogens (tertiary/aromatic N) is 2. The van der Waals surface area contributed by atoms with E-state index in [4.69, 9.17) is 4.74 Å². The van der Waals surface area contributed by atoms with Gasteiger partial charge in [0.25, 0.3) is 5.56 Å². The summed E-state index contributed by atoms with van der Waals surface area (Å²) in [6.45, 7) is 6.65. The molecule has 0 spiro atoms. The van der Waals surface area contributed by atoms with Crippen LogP contribution in [0, 0.1) is 6.92 Å². The number of hydrogen-bond donors (Lipinski definition) is 1. The van der Waals surface area contributed by atoms with Gasteiger partial charge in [-0.2, -0.15) is 5.10 Å². The van der Waals surface area contributed by atoms with E-state index in [0.29, 0.717) is 25.0 Å². The summed E-state index contributed by atoms with van der Waals surface area (Å²) in [5.41, 5.74) is 1.63. The topological polar surface area (TPSA) is 73.2 Å². The number of thiophene rings is 1. The fourth-order valence-corrected chi connectivity index (χ4v) is 4.78. The van der Waals surface area contributed by atoms with Crippen LogP contribution in [0.5, 0.6) is 5.75 Å². The predicted molar refractivity (Wildman–Crippen MR) is 125 cm³/mol. The number of aromatic nitrogens is 2. The highest BCUT2D eigenvalue weighted by Crippen LogP contribution is 2.32. The van der Waals surface area contributed by atoms with Gasteiger partial charge >= 0.3 is 0 Å². The average Bonchev–Trinajstić information content (AvgIpc) is 3.18. The van der Waals surface area contributed by atoms with Crippen molar-refractivity contribution in [2.24, 2.45) is 0 Å². The van der Waals surface area contributed by atoms with Crippen LogP contribution in [0.4, 0.5) is 0 Å². The number of amides is 1. The maximum Gasteiger partial charge on any atom is 0.276 e. The van der Waals surface area contributed by atoms with Gasteiger partial charge in [-0.25, -0.2) is 4.68 Å². The summed E-state index contributed by atoms with van der Waals surface area (Å²) in [5.74, 6) is 0.611. The van der Waals surface area contributed by atoms with E-state index in [-0.39, 0.29) is 11.5 Å². The minimum atomic E-state index is -0.699. The van der Waals surface area contributed by atoms with Crippen molar-refractivity contribution in [1.82, 2.24) is 15.1 Å². The Kier molecular flexibility index (Phi) is 6.04. The number of rotatable bonds is 7. The Morgan fingerprint density at radius 1 is 1.19 bits per heavy atom. The molecule has 1 atom stereocenters. The van der Waals surface area contributed by atoms with Gasteiger partial charge < -0.3 is 10.1 Å². The molecule has 0 bridgehead atoms. The first-order valence-corrected chi connectivity index (χ1v) is 11.2. The monoisotopic (exact) mass is 435 g/mol. The molecule has 1 amide bonds. The van der Waals surface area contributed by atoms with E-state index < -0.39 is 6.04 Å². The second kappa shape index (κ2) is 8.89. The van der Waals surface area contributed by atoms with Crippen molar-refractivity contribution in [2.75, 3.05) is 13.2 Å². The van der Waals surface area contributed by atoms with Crippen LogP contribution in [0.2, 0.25) is 0 Å². The Hall–Kier alpha value is -3.19. The lowest BCUT2D eigenvalue weighted by molar-refractivity contribution is -0.124. The standard InChI is InChI=1S/C24H25N3O3S/c1-4-30-18-11-9-17(10-12-18)13-14-25-23(28)16(3)27-24(29)21-19-7-5-6-8-20(19)31-22(21)15(2)26-27/h5-12,16H,4,13-14H2,1-3H3,(H,25,28)/t16-/m0/s1. The molecule has 2 aromatic carbocycles. The summed E-state index contributed by atoms with van der Waals surface area (Å²) < 4.78 is 8.68. The largest absolute Gasteiger partial charge is 0.494 e. The van der Waals surface area contributed by atoms with Crippen molar-refractivity contribution < 1.29 is 9.53 Å². The van der Waals surface area contributed by atoms with Crippen LogP contribution in [0.25, 0.3) is 20.2 Å². The average molecular weight is 436 g/mol. The van der Waals surface area contributed by atoms with Crippen LogP contribution in [-0.2, 0) is 11.2 Å². The van der Waals surface area contributed by atoms with E-state index in [1.54, 1.807) is 18.3 Å². The van der Waals surface area contributed by atoms with E-state index in [9.17, 15) is 9.59 Å². The lowest BCUT2D eigenvalue weighted by Crippen LogP contribution is -2.38. The summed E-state index contributed by atoms with van der Waals surface area (Å²) in [6, 6.07) is 15.0. The van der Waals surface area contributed by atoms with Crippen molar-refractivity contribution in [3.63, 3.8) is 0 Å². The molecular weight excluding hydrogens is 410 g/mol. The zero-order valence-electron chi connectivity index (χ0n) is 17.8. The van der Waals surface area contributed by atoms with Crippen LogP contribution >= 0.6 is 11.3 Å². The molecule has 0 fully saturated rings. The van der Waals surface area contributed by atoms with Crippen LogP contribution in [0.3, 0.4) is 0 Å². The van der Waals surface area contributed by atoms with Crippen molar-refractivity contribution in [3.05, 3.63) is 70.1 Å². The van der Waals surface area contributed by atoms with Gasteiger partial charge in [-0.3, -0.25) is 9.59 Å². The van der Waals surface area contributed by atoms with Gasteiger partial charge in [-0.15, -0.1) is 11.3 Å². The number of carbonyl (C=O) groups excluding carboxylic acids is 1. The molecule has 0 saturated heterocycles. The highest BCUT2D eigenvalue weighted by Gasteiger charge is 2.21. The van der Waals surface area contributed by atoms with Gasteiger partial charge in [0.15, 0.2) is 0 Å². The second-order valence-corrected chi connectivity index (χ2v) is 8.48. The molecule has 0 saturated carbocycles. The molecule has 0 aliphatic heterocycles. The van der Waals surface area contributed by atoms with Crippen LogP contribution in [0.15, 0.2) is 53.3 Å². The highest BCUT2D eigenvalue weighted by molar-refractivity contribution is 7.26. The molecular formula is C24H25N3O3S. The third-order valence-corrected chi connectivity index (χ3v) is 6.58. The van der Waals surface area contributed by atoms with E-state index in [0.717, 1.165) is 31.8 Å². The molecule has 4 aromatic rings. The van der Waals surface area contributed by atoms with Crippen molar-refractivity contribution in [1.29, 1.82) is 0 Å². The van der Waals surface area contributed by atoms with Crippen LogP contribution < -0.4 is 15.6 Å². The first-order chi connectivity index (χ1) is 15.0. The van der Waals surface area contributed by atoms with Gasteiger partial charge in [-0.05, 0) is 51.0 Å². The molecule has 0 aliphatic rings. The van der Waals surface area contributed by atoms with Gasteiger partial charge in [0.05, 0.1) is 22.4 Å². The molecule has 6 nitrogen and oxygen atoms in total.